The zero-order chi connectivity index (χ0) is 14.9. The molecule has 2 rings (SSSR count). The molecule has 0 radical (unpaired) electrons. The lowest BCUT2D eigenvalue weighted by Gasteiger charge is -2.07. The number of aromatic nitrogens is 1. The quantitative estimate of drug-likeness (QED) is 0.741. The number of nitrogens with zero attached hydrogens (tertiary/aromatic N) is 1. The fraction of sp³-hybridized carbons (Fsp3) is 0.167. The van der Waals surface area contributed by atoms with Gasteiger partial charge in [0.15, 0.2) is 9.61 Å². The SMILES string of the molecule is COC(=O)c1nc(Br)sc1-c1ccc(C(F)(F)F)cc1. The van der Waals surface area contributed by atoms with Crippen LogP contribution in [0, 0.1) is 0 Å². The van der Waals surface area contributed by atoms with E-state index in [9.17, 15) is 18.0 Å². The summed E-state index contributed by atoms with van der Waals surface area (Å²) in [5, 5.41) is 0. The van der Waals surface area contributed by atoms with Gasteiger partial charge in [-0.2, -0.15) is 13.2 Å². The van der Waals surface area contributed by atoms with Crippen molar-refractivity contribution in [3.05, 3.63) is 39.4 Å². The number of benzene rings is 1. The summed E-state index contributed by atoms with van der Waals surface area (Å²) in [5.74, 6) is -0.637. The molecule has 0 spiro atoms. The van der Waals surface area contributed by atoms with Gasteiger partial charge in [-0.25, -0.2) is 9.78 Å². The predicted octanol–water partition coefficient (Wildman–Crippen LogP) is 4.38. The van der Waals surface area contributed by atoms with Gasteiger partial charge in [-0.05, 0) is 33.6 Å². The summed E-state index contributed by atoms with van der Waals surface area (Å²) in [6.45, 7) is 0. The maximum atomic E-state index is 12.5. The standard InChI is InChI=1S/C12H7BrF3NO2S/c1-19-10(18)8-9(20-11(13)17-8)6-2-4-7(5-3-6)12(14,15)16/h2-5H,1H3. The van der Waals surface area contributed by atoms with Crippen LogP contribution in [0.2, 0.25) is 0 Å². The minimum absolute atomic E-state index is 0.0733. The Morgan fingerprint density at radius 2 is 1.90 bits per heavy atom. The molecule has 0 aliphatic heterocycles. The summed E-state index contributed by atoms with van der Waals surface area (Å²) in [5.41, 5.74) is -0.199. The second-order valence-electron chi connectivity index (χ2n) is 3.71. The van der Waals surface area contributed by atoms with Crippen LogP contribution >= 0.6 is 27.3 Å². The van der Waals surface area contributed by atoms with Gasteiger partial charge in [0.25, 0.3) is 0 Å². The number of ether oxygens (including phenoxy) is 1. The highest BCUT2D eigenvalue weighted by atomic mass is 79.9. The monoisotopic (exact) mass is 365 g/mol. The van der Waals surface area contributed by atoms with E-state index in [1.807, 2.05) is 0 Å². The van der Waals surface area contributed by atoms with Crippen LogP contribution in [-0.4, -0.2) is 18.1 Å². The Bertz CT molecular complexity index is 637. The van der Waals surface area contributed by atoms with Crippen LogP contribution in [0.4, 0.5) is 13.2 Å². The maximum absolute atomic E-state index is 12.5. The van der Waals surface area contributed by atoms with Crippen LogP contribution in [0.3, 0.4) is 0 Å². The molecule has 0 aliphatic rings. The summed E-state index contributed by atoms with van der Waals surface area (Å²) in [7, 11) is 1.21. The normalized spacial score (nSPS) is 11.4. The van der Waals surface area contributed by atoms with Crippen LogP contribution in [0.25, 0.3) is 10.4 Å². The van der Waals surface area contributed by atoms with Crippen molar-refractivity contribution in [1.29, 1.82) is 0 Å². The summed E-state index contributed by atoms with van der Waals surface area (Å²) < 4.78 is 42.5. The van der Waals surface area contributed by atoms with Crippen molar-refractivity contribution < 1.29 is 22.7 Å². The summed E-state index contributed by atoms with van der Waals surface area (Å²) in [6, 6.07) is 4.53. The molecule has 0 saturated carbocycles. The highest BCUT2D eigenvalue weighted by Crippen LogP contribution is 2.35. The summed E-state index contributed by atoms with van der Waals surface area (Å²) in [4.78, 5) is 16.0. The van der Waals surface area contributed by atoms with Gasteiger partial charge in [0.1, 0.15) is 0 Å². The lowest BCUT2D eigenvalue weighted by molar-refractivity contribution is -0.137. The summed E-state index contributed by atoms with van der Waals surface area (Å²) in [6.07, 6.45) is -4.39. The highest BCUT2D eigenvalue weighted by Gasteiger charge is 2.30. The lowest BCUT2D eigenvalue weighted by atomic mass is 10.1. The van der Waals surface area contributed by atoms with E-state index >= 15 is 0 Å². The van der Waals surface area contributed by atoms with Crippen LogP contribution in [-0.2, 0) is 10.9 Å². The minimum Gasteiger partial charge on any atom is -0.464 e. The maximum Gasteiger partial charge on any atom is 0.416 e. The van der Waals surface area contributed by atoms with Crippen LogP contribution in [0.1, 0.15) is 16.1 Å². The first-order valence-corrected chi connectivity index (χ1v) is 6.86. The number of carbonyl (C=O) groups is 1. The molecule has 0 N–H and O–H groups in total. The summed E-state index contributed by atoms with van der Waals surface area (Å²) >= 11 is 4.29. The first kappa shape index (κ1) is 15.0. The molecule has 0 bridgehead atoms. The Kier molecular flexibility index (Phi) is 4.14. The molecule has 20 heavy (non-hydrogen) atoms. The molecule has 0 fully saturated rings. The number of rotatable bonds is 2. The molecular weight excluding hydrogens is 359 g/mol. The molecule has 0 amide bonds. The Morgan fingerprint density at radius 1 is 1.30 bits per heavy atom. The van der Waals surface area contributed by atoms with E-state index in [1.165, 1.54) is 19.2 Å². The fourth-order valence-corrected chi connectivity index (χ4v) is 2.98. The van der Waals surface area contributed by atoms with Crippen molar-refractivity contribution in [2.75, 3.05) is 7.11 Å². The first-order valence-electron chi connectivity index (χ1n) is 5.25. The largest absolute Gasteiger partial charge is 0.464 e. The van der Waals surface area contributed by atoms with Gasteiger partial charge in [0.05, 0.1) is 17.6 Å². The molecule has 1 aromatic carbocycles. The van der Waals surface area contributed by atoms with Gasteiger partial charge in [0, 0.05) is 0 Å². The second-order valence-corrected chi connectivity index (χ2v) is 5.99. The zero-order valence-corrected chi connectivity index (χ0v) is 12.4. The molecule has 0 atom stereocenters. The van der Waals surface area contributed by atoms with E-state index in [0.29, 0.717) is 14.4 Å². The third-order valence-corrected chi connectivity index (χ3v) is 4.01. The smallest absolute Gasteiger partial charge is 0.416 e. The number of alkyl halides is 3. The zero-order valence-electron chi connectivity index (χ0n) is 9.99. The van der Waals surface area contributed by atoms with E-state index in [2.05, 4.69) is 25.7 Å². The Morgan fingerprint density at radius 3 is 2.40 bits per heavy atom. The van der Waals surface area contributed by atoms with E-state index in [0.717, 1.165) is 23.5 Å². The molecule has 2 aromatic rings. The van der Waals surface area contributed by atoms with E-state index < -0.39 is 17.7 Å². The van der Waals surface area contributed by atoms with E-state index in [-0.39, 0.29) is 5.69 Å². The number of hydrogen-bond acceptors (Lipinski definition) is 4. The van der Waals surface area contributed by atoms with Gasteiger partial charge in [0.2, 0.25) is 0 Å². The van der Waals surface area contributed by atoms with Crippen molar-refractivity contribution in [3.8, 4) is 10.4 Å². The molecule has 1 heterocycles. The second kappa shape index (κ2) is 5.53. The molecule has 1 aromatic heterocycles. The molecule has 0 aliphatic carbocycles. The first-order chi connectivity index (χ1) is 9.32. The van der Waals surface area contributed by atoms with Gasteiger partial charge < -0.3 is 4.74 Å². The predicted molar refractivity (Wildman–Crippen MR) is 71.6 cm³/mol. The average molecular weight is 366 g/mol. The number of hydrogen-bond donors (Lipinski definition) is 0. The third-order valence-electron chi connectivity index (χ3n) is 2.45. The van der Waals surface area contributed by atoms with Crippen molar-refractivity contribution >= 4 is 33.2 Å². The van der Waals surface area contributed by atoms with Crippen molar-refractivity contribution in [3.63, 3.8) is 0 Å². The molecule has 0 saturated heterocycles. The van der Waals surface area contributed by atoms with Crippen molar-refractivity contribution in [2.24, 2.45) is 0 Å². The highest BCUT2D eigenvalue weighted by molar-refractivity contribution is 9.11. The Labute approximate surface area is 124 Å². The number of carbonyl (C=O) groups excluding carboxylic acids is 1. The van der Waals surface area contributed by atoms with Gasteiger partial charge in [-0.15, -0.1) is 11.3 Å². The van der Waals surface area contributed by atoms with Crippen LogP contribution in [0.15, 0.2) is 28.2 Å². The Hall–Kier alpha value is -1.41. The average Bonchev–Trinajstić information content (AvgIpc) is 2.79. The molecule has 0 unspecified atom stereocenters. The third kappa shape index (κ3) is 3.01. The van der Waals surface area contributed by atoms with E-state index in [1.54, 1.807) is 0 Å². The molecule has 3 nitrogen and oxygen atoms in total. The van der Waals surface area contributed by atoms with E-state index in [4.69, 9.17) is 0 Å². The number of esters is 1. The topological polar surface area (TPSA) is 39.2 Å². The van der Waals surface area contributed by atoms with Crippen LogP contribution in [0.5, 0.6) is 0 Å². The number of thiazole rings is 1. The van der Waals surface area contributed by atoms with Gasteiger partial charge in [-0.1, -0.05) is 12.1 Å². The molecular formula is C12H7BrF3NO2S. The van der Waals surface area contributed by atoms with Gasteiger partial charge in [-0.3, -0.25) is 0 Å². The fourth-order valence-electron chi connectivity index (χ4n) is 1.54. The number of methoxy groups -OCH3 is 1. The van der Waals surface area contributed by atoms with Crippen molar-refractivity contribution in [1.82, 2.24) is 4.98 Å². The van der Waals surface area contributed by atoms with Gasteiger partial charge >= 0.3 is 12.1 Å². The number of halogens is 4. The lowest BCUT2D eigenvalue weighted by Crippen LogP contribution is -2.05. The minimum atomic E-state index is -4.39. The molecule has 106 valence electrons. The molecule has 8 heteroatoms. The van der Waals surface area contributed by atoms with Crippen molar-refractivity contribution in [2.45, 2.75) is 6.18 Å². The Balaban J connectivity index is 2.44. The van der Waals surface area contributed by atoms with Crippen LogP contribution < -0.4 is 0 Å².